The Morgan fingerprint density at radius 3 is 2.26 bits per heavy atom. The van der Waals surface area contributed by atoms with Crippen molar-refractivity contribution in [2.45, 2.75) is 31.2 Å². The molecule has 4 heteroatoms. The third-order valence-electron chi connectivity index (χ3n) is 4.81. The molecule has 1 amide bonds. The van der Waals surface area contributed by atoms with Crippen molar-refractivity contribution in [1.29, 1.82) is 0 Å². The lowest BCUT2D eigenvalue weighted by atomic mass is 9.64. The summed E-state index contributed by atoms with van der Waals surface area (Å²) in [6, 6.07) is 15.4. The monoisotopic (exact) mass is 328 g/mol. The lowest BCUT2D eigenvalue weighted by Gasteiger charge is -2.42. The van der Waals surface area contributed by atoms with E-state index in [1.54, 1.807) is 0 Å². The van der Waals surface area contributed by atoms with Crippen LogP contribution in [-0.4, -0.2) is 12.5 Å². The third-order valence-corrected chi connectivity index (χ3v) is 5.06. The second kappa shape index (κ2) is 6.73. The van der Waals surface area contributed by atoms with Gasteiger partial charge in [-0.25, -0.2) is 0 Å². The van der Waals surface area contributed by atoms with Crippen LogP contribution < -0.4 is 11.1 Å². The van der Waals surface area contributed by atoms with Gasteiger partial charge in [0.2, 0.25) is 0 Å². The van der Waals surface area contributed by atoms with Gasteiger partial charge < -0.3 is 11.1 Å². The Morgan fingerprint density at radius 1 is 1.09 bits per heavy atom. The van der Waals surface area contributed by atoms with Crippen LogP contribution in [0, 0.1) is 0 Å². The summed E-state index contributed by atoms with van der Waals surface area (Å²) in [6.45, 7) is 1.15. The maximum Gasteiger partial charge on any atom is 0.251 e. The molecule has 2 aromatic carbocycles. The lowest BCUT2D eigenvalue weighted by molar-refractivity contribution is 0.0928. The van der Waals surface area contributed by atoms with Crippen molar-refractivity contribution in [2.75, 3.05) is 6.54 Å². The molecule has 3 nitrogen and oxygen atoms in total. The van der Waals surface area contributed by atoms with Crippen LogP contribution in [0.1, 0.15) is 40.7 Å². The molecular formula is C19H21ClN2O. The first-order valence-electron chi connectivity index (χ1n) is 7.96. The van der Waals surface area contributed by atoms with E-state index in [0.29, 0.717) is 18.7 Å². The molecule has 2 aromatic rings. The van der Waals surface area contributed by atoms with E-state index >= 15 is 0 Å². The minimum atomic E-state index is -0.0335. The van der Waals surface area contributed by atoms with E-state index in [1.165, 1.54) is 12.0 Å². The van der Waals surface area contributed by atoms with Gasteiger partial charge in [0.05, 0.1) is 0 Å². The van der Waals surface area contributed by atoms with E-state index in [9.17, 15) is 4.79 Å². The van der Waals surface area contributed by atoms with Crippen molar-refractivity contribution in [3.8, 4) is 0 Å². The van der Waals surface area contributed by atoms with Crippen LogP contribution in [0.3, 0.4) is 0 Å². The van der Waals surface area contributed by atoms with Crippen LogP contribution >= 0.6 is 11.6 Å². The number of hydrogen-bond acceptors (Lipinski definition) is 2. The minimum Gasteiger partial charge on any atom is -0.351 e. The summed E-state index contributed by atoms with van der Waals surface area (Å²) in [6.07, 6.45) is 3.39. The summed E-state index contributed by atoms with van der Waals surface area (Å²) in [5.41, 5.74) is 8.59. The second-order valence-electron chi connectivity index (χ2n) is 6.22. The van der Waals surface area contributed by atoms with E-state index in [0.717, 1.165) is 23.4 Å². The van der Waals surface area contributed by atoms with Gasteiger partial charge in [-0.2, -0.15) is 0 Å². The van der Waals surface area contributed by atoms with Gasteiger partial charge in [-0.05, 0) is 48.2 Å². The number of benzene rings is 2. The van der Waals surface area contributed by atoms with Gasteiger partial charge >= 0.3 is 0 Å². The zero-order chi connectivity index (χ0) is 16.3. The second-order valence-corrected chi connectivity index (χ2v) is 6.66. The normalized spacial score (nSPS) is 15.7. The number of amides is 1. The summed E-state index contributed by atoms with van der Waals surface area (Å²) in [5, 5.41) is 3.83. The van der Waals surface area contributed by atoms with Crippen molar-refractivity contribution >= 4 is 17.5 Å². The fraction of sp³-hybridized carbons (Fsp3) is 0.316. The van der Waals surface area contributed by atoms with Gasteiger partial charge in [-0.15, -0.1) is 0 Å². The molecule has 120 valence electrons. The summed E-state index contributed by atoms with van der Waals surface area (Å²) in [5.74, 6) is -0.0335. The topological polar surface area (TPSA) is 55.1 Å². The number of carbonyl (C=O) groups is 1. The first-order valence-corrected chi connectivity index (χ1v) is 8.34. The number of halogens is 1. The molecule has 0 spiro atoms. The van der Waals surface area contributed by atoms with Gasteiger partial charge in [0.15, 0.2) is 0 Å². The highest BCUT2D eigenvalue weighted by Gasteiger charge is 2.38. The average Bonchev–Trinajstić information content (AvgIpc) is 2.55. The van der Waals surface area contributed by atoms with Gasteiger partial charge in [-0.3, -0.25) is 4.79 Å². The van der Waals surface area contributed by atoms with Crippen LogP contribution in [-0.2, 0) is 12.0 Å². The number of carbonyl (C=O) groups excluding carboxylic acids is 1. The molecule has 1 fully saturated rings. The maximum atomic E-state index is 12.4. The van der Waals surface area contributed by atoms with Gasteiger partial charge in [0.1, 0.15) is 0 Å². The van der Waals surface area contributed by atoms with Crippen molar-refractivity contribution in [3.63, 3.8) is 0 Å². The summed E-state index contributed by atoms with van der Waals surface area (Å²) < 4.78 is 0. The fourth-order valence-electron chi connectivity index (χ4n) is 3.12. The molecular weight excluding hydrogens is 308 g/mol. The smallest absolute Gasteiger partial charge is 0.251 e. The summed E-state index contributed by atoms with van der Waals surface area (Å²) in [4.78, 5) is 12.4. The predicted molar refractivity (Wildman–Crippen MR) is 93.6 cm³/mol. The zero-order valence-corrected chi connectivity index (χ0v) is 13.8. The highest BCUT2D eigenvalue weighted by atomic mass is 35.5. The Kier molecular flexibility index (Phi) is 4.69. The Balaban J connectivity index is 1.67. The van der Waals surface area contributed by atoms with Crippen molar-refractivity contribution in [2.24, 2.45) is 5.73 Å². The molecule has 0 aliphatic heterocycles. The number of rotatable bonds is 5. The Bertz CT molecular complexity index is 676. The molecule has 0 unspecified atom stereocenters. The van der Waals surface area contributed by atoms with Crippen LogP contribution in [0.5, 0.6) is 0 Å². The maximum absolute atomic E-state index is 12.4. The Hall–Kier alpha value is -1.84. The molecule has 3 rings (SSSR count). The molecule has 0 heterocycles. The van der Waals surface area contributed by atoms with Crippen LogP contribution in [0.15, 0.2) is 48.5 Å². The molecule has 3 N–H and O–H groups in total. The van der Waals surface area contributed by atoms with Gasteiger partial charge in [0, 0.05) is 29.1 Å². The SMILES string of the molecule is NCc1ccc(C(=O)NCC2(c3ccc(Cl)cc3)CCC2)cc1. The molecule has 23 heavy (non-hydrogen) atoms. The predicted octanol–water partition coefficient (Wildman–Crippen LogP) is 3.65. The van der Waals surface area contributed by atoms with Gasteiger partial charge in [0.25, 0.3) is 5.91 Å². The zero-order valence-electron chi connectivity index (χ0n) is 13.0. The molecule has 0 saturated heterocycles. The lowest BCUT2D eigenvalue weighted by Crippen LogP contribution is -2.45. The first-order chi connectivity index (χ1) is 11.1. The summed E-state index contributed by atoms with van der Waals surface area (Å²) in [7, 11) is 0. The Morgan fingerprint density at radius 2 is 1.74 bits per heavy atom. The van der Waals surface area contributed by atoms with E-state index in [-0.39, 0.29) is 11.3 Å². The van der Waals surface area contributed by atoms with Crippen molar-refractivity contribution < 1.29 is 4.79 Å². The average molecular weight is 329 g/mol. The molecule has 0 radical (unpaired) electrons. The molecule has 0 atom stereocenters. The van der Waals surface area contributed by atoms with E-state index in [4.69, 9.17) is 17.3 Å². The van der Waals surface area contributed by atoms with Crippen molar-refractivity contribution in [3.05, 3.63) is 70.2 Å². The molecule has 0 aromatic heterocycles. The molecule has 0 bridgehead atoms. The Labute approximate surface area is 141 Å². The van der Waals surface area contributed by atoms with Crippen LogP contribution in [0.25, 0.3) is 0 Å². The van der Waals surface area contributed by atoms with Crippen molar-refractivity contribution in [1.82, 2.24) is 5.32 Å². The highest BCUT2D eigenvalue weighted by Crippen LogP contribution is 2.43. The standard InChI is InChI=1S/C19H21ClN2O/c20-17-8-6-16(7-9-17)19(10-1-11-19)13-22-18(23)15-4-2-14(12-21)3-5-15/h2-9H,1,10-13,21H2,(H,22,23). The van der Waals surface area contributed by atoms with Crippen LogP contribution in [0.2, 0.25) is 5.02 Å². The van der Waals surface area contributed by atoms with E-state index < -0.39 is 0 Å². The molecule has 1 saturated carbocycles. The first kappa shape index (κ1) is 16.0. The fourth-order valence-corrected chi connectivity index (χ4v) is 3.24. The third kappa shape index (κ3) is 3.41. The molecule has 1 aliphatic rings. The van der Waals surface area contributed by atoms with E-state index in [2.05, 4.69) is 17.4 Å². The van der Waals surface area contributed by atoms with E-state index in [1.807, 2.05) is 36.4 Å². The molecule has 1 aliphatic carbocycles. The number of nitrogens with one attached hydrogen (secondary N) is 1. The largest absolute Gasteiger partial charge is 0.351 e. The minimum absolute atomic E-state index is 0.0335. The van der Waals surface area contributed by atoms with Crippen LogP contribution in [0.4, 0.5) is 0 Å². The quantitative estimate of drug-likeness (QED) is 0.880. The summed E-state index contributed by atoms with van der Waals surface area (Å²) >= 11 is 5.98. The number of hydrogen-bond donors (Lipinski definition) is 2. The van der Waals surface area contributed by atoms with Gasteiger partial charge in [-0.1, -0.05) is 42.3 Å². The highest BCUT2D eigenvalue weighted by molar-refractivity contribution is 6.30. The number of nitrogens with two attached hydrogens (primary N) is 1.